The first-order valence-electron chi connectivity index (χ1n) is 17.4. The smallest absolute Gasteiger partial charge is 0.227 e. The number of oxazole rings is 1. The van der Waals surface area contributed by atoms with Gasteiger partial charge in [0.2, 0.25) is 5.89 Å². The van der Waals surface area contributed by atoms with Crippen molar-refractivity contribution in [2.75, 3.05) is 4.90 Å². The van der Waals surface area contributed by atoms with Gasteiger partial charge in [-0.25, -0.2) is 4.98 Å². The predicted molar refractivity (Wildman–Crippen MR) is 212 cm³/mol. The Labute approximate surface area is 297 Å². The van der Waals surface area contributed by atoms with E-state index in [2.05, 4.69) is 114 Å². The van der Waals surface area contributed by atoms with Crippen LogP contribution < -0.4 is 4.90 Å². The Balaban J connectivity index is 1.12. The number of rotatable bonds is 5. The monoisotopic (exact) mass is 668 g/mol. The summed E-state index contributed by atoms with van der Waals surface area (Å²) in [6, 6.07) is 58.6. The predicted octanol–water partition coefficient (Wildman–Crippen LogP) is 13.6. The van der Waals surface area contributed by atoms with E-state index in [1.807, 2.05) is 60.7 Å². The first-order chi connectivity index (χ1) is 25.8. The van der Waals surface area contributed by atoms with Crippen molar-refractivity contribution in [2.24, 2.45) is 0 Å². The maximum atomic E-state index is 6.75. The average Bonchev–Trinajstić information content (AvgIpc) is 3.92. The highest BCUT2D eigenvalue weighted by Gasteiger charge is 2.23. The number of furan rings is 2. The lowest BCUT2D eigenvalue weighted by Crippen LogP contribution is -2.10. The molecule has 0 amide bonds. The molecule has 52 heavy (non-hydrogen) atoms. The number of fused-ring (bicyclic) bond motifs is 9. The van der Waals surface area contributed by atoms with Gasteiger partial charge in [-0.1, -0.05) is 103 Å². The van der Waals surface area contributed by atoms with Gasteiger partial charge in [0.05, 0.1) is 16.8 Å². The molecule has 0 spiro atoms. The third-order valence-corrected chi connectivity index (χ3v) is 10.1. The topological polar surface area (TPSA) is 55.6 Å². The molecule has 3 heterocycles. The van der Waals surface area contributed by atoms with E-state index in [4.69, 9.17) is 18.2 Å². The maximum Gasteiger partial charge on any atom is 0.227 e. The zero-order valence-corrected chi connectivity index (χ0v) is 27.8. The van der Waals surface area contributed by atoms with Crippen molar-refractivity contribution in [3.05, 3.63) is 170 Å². The van der Waals surface area contributed by atoms with Crippen molar-refractivity contribution in [1.29, 1.82) is 0 Å². The van der Waals surface area contributed by atoms with E-state index in [0.717, 1.165) is 77.6 Å². The van der Waals surface area contributed by atoms with Gasteiger partial charge in [0.15, 0.2) is 11.2 Å². The zero-order chi connectivity index (χ0) is 34.2. The minimum absolute atomic E-state index is 0.584. The van der Waals surface area contributed by atoms with Gasteiger partial charge in [0.1, 0.15) is 22.3 Å². The molecule has 11 aromatic rings. The summed E-state index contributed by atoms with van der Waals surface area (Å²) in [7, 11) is 0. The van der Waals surface area contributed by atoms with Crippen LogP contribution in [0.3, 0.4) is 0 Å². The summed E-state index contributed by atoms with van der Waals surface area (Å²) in [5, 5.41) is 6.48. The van der Waals surface area contributed by atoms with Gasteiger partial charge >= 0.3 is 0 Å². The van der Waals surface area contributed by atoms with Crippen LogP contribution in [0.25, 0.3) is 88.3 Å². The molecule has 0 saturated heterocycles. The Morgan fingerprint density at radius 2 is 1.15 bits per heavy atom. The van der Waals surface area contributed by atoms with Gasteiger partial charge in [-0.3, -0.25) is 0 Å². The largest absolute Gasteiger partial charge is 0.456 e. The normalized spacial score (nSPS) is 11.8. The van der Waals surface area contributed by atoms with E-state index in [9.17, 15) is 0 Å². The molecule has 0 saturated carbocycles. The second kappa shape index (κ2) is 11.2. The van der Waals surface area contributed by atoms with Crippen molar-refractivity contribution >= 4 is 82.8 Å². The molecule has 0 aliphatic rings. The first-order valence-corrected chi connectivity index (χ1v) is 17.4. The molecule has 0 fully saturated rings. The SMILES string of the molecule is c1ccc(-c2nc3ccc4oc5c(N(c6ccc(-c7cccc8ccccc78)cc6)c6ccc7c(c6)oc6ccccc67)cccc5c4c3o2)cc1. The van der Waals surface area contributed by atoms with E-state index in [1.54, 1.807) is 0 Å². The highest BCUT2D eigenvalue weighted by molar-refractivity contribution is 6.19. The van der Waals surface area contributed by atoms with Crippen molar-refractivity contribution in [3.8, 4) is 22.6 Å². The van der Waals surface area contributed by atoms with Gasteiger partial charge in [-0.15, -0.1) is 0 Å². The molecule has 0 aliphatic carbocycles. The minimum atomic E-state index is 0.584. The van der Waals surface area contributed by atoms with Crippen molar-refractivity contribution in [2.45, 2.75) is 0 Å². The molecule has 5 heteroatoms. The number of para-hydroxylation sites is 2. The Hall–Kier alpha value is -7.11. The maximum absolute atomic E-state index is 6.75. The van der Waals surface area contributed by atoms with E-state index in [-0.39, 0.29) is 0 Å². The fraction of sp³-hybridized carbons (Fsp3) is 0. The molecule has 244 valence electrons. The molecule has 3 aromatic heterocycles. The number of aromatic nitrogens is 1. The van der Waals surface area contributed by atoms with E-state index < -0.39 is 0 Å². The summed E-state index contributed by atoms with van der Waals surface area (Å²) in [6.07, 6.45) is 0. The Morgan fingerprint density at radius 3 is 2.06 bits per heavy atom. The molecular formula is C47H28N2O3. The van der Waals surface area contributed by atoms with Crippen molar-refractivity contribution in [1.82, 2.24) is 4.98 Å². The van der Waals surface area contributed by atoms with Gasteiger partial charge in [-0.2, -0.15) is 0 Å². The molecule has 0 unspecified atom stereocenters. The molecule has 0 aliphatic heterocycles. The summed E-state index contributed by atoms with van der Waals surface area (Å²) >= 11 is 0. The second-order valence-electron chi connectivity index (χ2n) is 13.1. The van der Waals surface area contributed by atoms with Gasteiger partial charge in [0, 0.05) is 33.5 Å². The molecule has 11 rings (SSSR count). The number of anilines is 3. The molecule has 0 radical (unpaired) electrons. The average molecular weight is 669 g/mol. The molecule has 5 nitrogen and oxygen atoms in total. The highest BCUT2D eigenvalue weighted by atomic mass is 16.4. The van der Waals surface area contributed by atoms with Gasteiger partial charge in [0.25, 0.3) is 0 Å². The standard InChI is InChI=1S/C47H28N2O3/c1-2-11-31(12-3-1)47-48-39-26-27-42-44(46(39)52-47)38-17-9-18-40(45(38)51-42)49(33-24-25-37-36-15-6-7-19-41(36)50-43(37)28-33)32-22-20-30(21-23-32)35-16-8-13-29-10-4-5-14-34(29)35/h1-28H. The second-order valence-corrected chi connectivity index (χ2v) is 13.1. The first kappa shape index (κ1) is 28.7. The van der Waals surface area contributed by atoms with Crippen LogP contribution in [0, 0.1) is 0 Å². The molecule has 0 atom stereocenters. The van der Waals surface area contributed by atoms with Crippen LogP contribution in [0.4, 0.5) is 17.1 Å². The Morgan fingerprint density at radius 1 is 0.423 bits per heavy atom. The lowest BCUT2D eigenvalue weighted by Gasteiger charge is -2.25. The summed E-state index contributed by atoms with van der Waals surface area (Å²) in [5.41, 5.74) is 10.8. The molecule has 0 N–H and O–H groups in total. The van der Waals surface area contributed by atoms with E-state index in [1.165, 1.54) is 16.3 Å². The number of nitrogens with zero attached hydrogens (tertiary/aromatic N) is 2. The molecule has 0 bridgehead atoms. The molecule has 8 aromatic carbocycles. The third kappa shape index (κ3) is 4.39. The Bertz CT molecular complexity index is 3130. The zero-order valence-electron chi connectivity index (χ0n) is 27.8. The van der Waals surface area contributed by atoms with E-state index in [0.29, 0.717) is 11.5 Å². The minimum Gasteiger partial charge on any atom is -0.456 e. The highest BCUT2D eigenvalue weighted by Crippen LogP contribution is 2.45. The van der Waals surface area contributed by atoms with E-state index >= 15 is 0 Å². The van der Waals surface area contributed by atoms with Crippen molar-refractivity contribution < 1.29 is 13.3 Å². The fourth-order valence-corrected chi connectivity index (χ4v) is 7.68. The van der Waals surface area contributed by atoms with Crippen LogP contribution in [-0.2, 0) is 0 Å². The van der Waals surface area contributed by atoms with Gasteiger partial charge in [-0.05, 0) is 82.6 Å². The van der Waals surface area contributed by atoms with Crippen LogP contribution >= 0.6 is 0 Å². The van der Waals surface area contributed by atoms with Gasteiger partial charge < -0.3 is 18.2 Å². The van der Waals surface area contributed by atoms with Crippen LogP contribution in [0.5, 0.6) is 0 Å². The lowest BCUT2D eigenvalue weighted by atomic mass is 9.98. The summed E-state index contributed by atoms with van der Waals surface area (Å²) in [4.78, 5) is 7.09. The number of hydrogen-bond acceptors (Lipinski definition) is 5. The summed E-state index contributed by atoms with van der Waals surface area (Å²) < 4.78 is 19.6. The molecular weight excluding hydrogens is 641 g/mol. The van der Waals surface area contributed by atoms with Crippen LogP contribution in [0.15, 0.2) is 183 Å². The van der Waals surface area contributed by atoms with Crippen LogP contribution in [-0.4, -0.2) is 4.98 Å². The fourth-order valence-electron chi connectivity index (χ4n) is 7.68. The number of benzene rings is 8. The van der Waals surface area contributed by atoms with Crippen LogP contribution in [0.1, 0.15) is 0 Å². The quantitative estimate of drug-likeness (QED) is 0.183. The third-order valence-electron chi connectivity index (χ3n) is 10.1. The number of hydrogen-bond donors (Lipinski definition) is 0. The van der Waals surface area contributed by atoms with Crippen molar-refractivity contribution in [3.63, 3.8) is 0 Å². The Kier molecular flexibility index (Phi) is 6.18. The summed E-state index contributed by atoms with van der Waals surface area (Å²) in [5.74, 6) is 0.584. The summed E-state index contributed by atoms with van der Waals surface area (Å²) in [6.45, 7) is 0. The van der Waals surface area contributed by atoms with Crippen LogP contribution in [0.2, 0.25) is 0 Å². The lowest BCUT2D eigenvalue weighted by molar-refractivity contribution is 0.622.